The predicted octanol–water partition coefficient (Wildman–Crippen LogP) is 3.30. The number of methoxy groups -OCH3 is 1. The highest BCUT2D eigenvalue weighted by molar-refractivity contribution is 9.10. The van der Waals surface area contributed by atoms with Crippen LogP contribution in [-0.4, -0.2) is 37.5 Å². The monoisotopic (exact) mass is 430 g/mol. The van der Waals surface area contributed by atoms with Crippen LogP contribution in [0.15, 0.2) is 47.6 Å². The minimum atomic E-state index is -0.341. The lowest BCUT2D eigenvalue weighted by molar-refractivity contribution is 0.102. The quantitative estimate of drug-likeness (QED) is 0.533. The summed E-state index contributed by atoms with van der Waals surface area (Å²) in [4.78, 5) is 30.2. The first kappa shape index (κ1) is 16.6. The molecule has 1 N–H and O–H groups in total. The van der Waals surface area contributed by atoms with E-state index in [1.54, 1.807) is 24.2 Å². The molecule has 1 amide bonds. The molecule has 4 rings (SSSR count). The van der Waals surface area contributed by atoms with Crippen molar-refractivity contribution in [1.82, 2.24) is 24.5 Å². The Kier molecular flexibility index (Phi) is 4.35. The van der Waals surface area contributed by atoms with Gasteiger partial charge in [-0.2, -0.15) is 4.98 Å². The summed E-state index contributed by atoms with van der Waals surface area (Å²) in [6, 6.07) is 7.39. The van der Waals surface area contributed by atoms with Crippen molar-refractivity contribution in [3.05, 3.63) is 53.3 Å². The summed E-state index contributed by atoms with van der Waals surface area (Å²) in [5.41, 5.74) is 1.55. The van der Waals surface area contributed by atoms with Gasteiger partial charge < -0.3 is 4.74 Å². The van der Waals surface area contributed by atoms with Gasteiger partial charge in [0.15, 0.2) is 15.6 Å². The first-order valence-electron chi connectivity index (χ1n) is 7.42. The van der Waals surface area contributed by atoms with Crippen molar-refractivity contribution in [2.45, 2.75) is 0 Å². The standard InChI is InChI=1S/C16H11BrN6O2S/c1-25-11-5-3-2-4-9(11)23-8-18-6-10(23)14(24)22-16-21-13-15(26-16)20-12(17)7-19-13/h2-8H,1H3,(H,19,21,22,24). The van der Waals surface area contributed by atoms with Gasteiger partial charge in [0.25, 0.3) is 5.91 Å². The van der Waals surface area contributed by atoms with Gasteiger partial charge in [0, 0.05) is 0 Å². The summed E-state index contributed by atoms with van der Waals surface area (Å²) in [6.45, 7) is 0. The Labute approximate surface area is 160 Å². The minimum Gasteiger partial charge on any atom is -0.495 e. The molecule has 8 nitrogen and oxygen atoms in total. The SMILES string of the molecule is COc1ccccc1-n1cncc1C(=O)Nc1nc2ncc(Br)nc2s1. The van der Waals surface area contributed by atoms with Gasteiger partial charge in [-0.25, -0.2) is 15.0 Å². The van der Waals surface area contributed by atoms with E-state index >= 15 is 0 Å². The number of halogens is 1. The molecule has 4 aromatic rings. The number of rotatable bonds is 4. The molecule has 10 heteroatoms. The number of ether oxygens (including phenoxy) is 1. The Hall–Kier alpha value is -2.85. The average molecular weight is 431 g/mol. The van der Waals surface area contributed by atoms with Crippen molar-refractivity contribution < 1.29 is 9.53 Å². The first-order chi connectivity index (χ1) is 12.7. The molecular weight excluding hydrogens is 420 g/mol. The number of hydrogen-bond acceptors (Lipinski definition) is 7. The first-order valence-corrected chi connectivity index (χ1v) is 9.03. The summed E-state index contributed by atoms with van der Waals surface area (Å²) >= 11 is 4.51. The zero-order chi connectivity index (χ0) is 18.1. The van der Waals surface area contributed by atoms with E-state index < -0.39 is 0 Å². The Morgan fingerprint density at radius 1 is 1.27 bits per heavy atom. The molecule has 0 bridgehead atoms. The van der Waals surface area contributed by atoms with Gasteiger partial charge in [0.05, 0.1) is 31.5 Å². The van der Waals surface area contributed by atoms with Crippen molar-refractivity contribution in [3.8, 4) is 11.4 Å². The fourth-order valence-electron chi connectivity index (χ4n) is 2.40. The lowest BCUT2D eigenvalue weighted by Crippen LogP contribution is -2.16. The van der Waals surface area contributed by atoms with Crippen molar-refractivity contribution in [1.29, 1.82) is 0 Å². The number of nitrogens with one attached hydrogen (secondary N) is 1. The largest absolute Gasteiger partial charge is 0.495 e. The maximum absolute atomic E-state index is 12.7. The molecule has 0 aliphatic heterocycles. The smallest absolute Gasteiger partial charge is 0.276 e. The number of thiazole rings is 1. The van der Waals surface area contributed by atoms with E-state index in [0.717, 1.165) is 0 Å². The molecule has 0 saturated carbocycles. The van der Waals surface area contributed by atoms with Crippen LogP contribution in [0.2, 0.25) is 0 Å². The van der Waals surface area contributed by atoms with Crippen LogP contribution in [0.1, 0.15) is 10.5 Å². The van der Waals surface area contributed by atoms with Gasteiger partial charge in [-0.05, 0) is 28.1 Å². The van der Waals surface area contributed by atoms with Gasteiger partial charge in [-0.3, -0.25) is 14.7 Å². The third-order valence-electron chi connectivity index (χ3n) is 3.53. The summed E-state index contributed by atoms with van der Waals surface area (Å²) < 4.78 is 7.63. The van der Waals surface area contributed by atoms with Crippen molar-refractivity contribution >= 4 is 48.8 Å². The molecule has 0 radical (unpaired) electrons. The van der Waals surface area contributed by atoms with Gasteiger partial charge in [0.1, 0.15) is 16.0 Å². The number of benzene rings is 1. The summed E-state index contributed by atoms with van der Waals surface area (Å²) in [5, 5.41) is 3.19. The van der Waals surface area contributed by atoms with Crippen molar-refractivity contribution in [3.63, 3.8) is 0 Å². The van der Waals surface area contributed by atoms with Crippen molar-refractivity contribution in [2.24, 2.45) is 0 Å². The fourth-order valence-corrected chi connectivity index (χ4v) is 3.59. The normalized spacial score (nSPS) is 10.8. The molecule has 3 heterocycles. The Morgan fingerprint density at radius 2 is 2.12 bits per heavy atom. The van der Waals surface area contributed by atoms with Gasteiger partial charge in [0.2, 0.25) is 0 Å². The van der Waals surface area contributed by atoms with E-state index in [9.17, 15) is 4.79 Å². The third kappa shape index (κ3) is 3.04. The summed E-state index contributed by atoms with van der Waals surface area (Å²) in [6.07, 6.45) is 4.61. The molecule has 0 saturated heterocycles. The summed E-state index contributed by atoms with van der Waals surface area (Å²) in [7, 11) is 1.58. The van der Waals surface area contributed by atoms with E-state index in [-0.39, 0.29) is 5.91 Å². The topological polar surface area (TPSA) is 94.8 Å². The molecule has 0 aliphatic carbocycles. The van der Waals surface area contributed by atoms with Crippen LogP contribution in [0.5, 0.6) is 5.75 Å². The van der Waals surface area contributed by atoms with Gasteiger partial charge >= 0.3 is 0 Å². The number of amides is 1. The maximum Gasteiger partial charge on any atom is 0.276 e. The van der Waals surface area contributed by atoms with E-state index in [2.05, 4.69) is 41.2 Å². The van der Waals surface area contributed by atoms with E-state index in [4.69, 9.17) is 4.74 Å². The lowest BCUT2D eigenvalue weighted by Gasteiger charge is -2.11. The molecule has 0 aliphatic rings. The second-order valence-corrected chi connectivity index (χ2v) is 6.91. The third-order valence-corrected chi connectivity index (χ3v) is 4.77. The molecular formula is C16H11BrN6O2S. The highest BCUT2D eigenvalue weighted by atomic mass is 79.9. The molecule has 0 fully saturated rings. The molecule has 26 heavy (non-hydrogen) atoms. The number of anilines is 1. The van der Waals surface area contributed by atoms with Crippen LogP contribution >= 0.6 is 27.3 Å². The molecule has 0 spiro atoms. The Balaban J connectivity index is 1.66. The molecule has 0 unspecified atom stereocenters. The minimum absolute atomic E-state index is 0.341. The number of carbonyl (C=O) groups is 1. The van der Waals surface area contributed by atoms with Crippen LogP contribution in [0.25, 0.3) is 16.2 Å². The van der Waals surface area contributed by atoms with Gasteiger partial charge in [-0.15, -0.1) is 0 Å². The number of para-hydroxylation sites is 2. The second-order valence-electron chi connectivity index (χ2n) is 5.12. The number of aromatic nitrogens is 5. The number of hydrogen-bond donors (Lipinski definition) is 1. The van der Waals surface area contributed by atoms with Crippen LogP contribution in [0.4, 0.5) is 5.13 Å². The molecule has 3 aromatic heterocycles. The fraction of sp³-hybridized carbons (Fsp3) is 0.0625. The van der Waals surface area contributed by atoms with Crippen LogP contribution in [-0.2, 0) is 0 Å². The van der Waals surface area contributed by atoms with Gasteiger partial charge in [-0.1, -0.05) is 23.5 Å². The lowest BCUT2D eigenvalue weighted by atomic mass is 10.2. The number of imidazole rings is 1. The zero-order valence-electron chi connectivity index (χ0n) is 13.4. The average Bonchev–Trinajstić information content (AvgIpc) is 3.27. The van der Waals surface area contributed by atoms with Crippen molar-refractivity contribution in [2.75, 3.05) is 12.4 Å². The molecule has 0 atom stereocenters. The predicted molar refractivity (Wildman–Crippen MR) is 101 cm³/mol. The van der Waals surface area contributed by atoms with E-state index in [0.29, 0.717) is 37.3 Å². The summed E-state index contributed by atoms with van der Waals surface area (Å²) in [5.74, 6) is 0.296. The Morgan fingerprint density at radius 3 is 2.96 bits per heavy atom. The van der Waals surface area contributed by atoms with Crippen LogP contribution in [0, 0.1) is 0 Å². The highest BCUT2D eigenvalue weighted by Gasteiger charge is 2.17. The second kappa shape index (κ2) is 6.81. The van der Waals surface area contributed by atoms with E-state index in [1.165, 1.54) is 17.5 Å². The maximum atomic E-state index is 12.7. The van der Waals surface area contributed by atoms with E-state index in [1.807, 2.05) is 24.3 Å². The number of fused-ring (bicyclic) bond motifs is 1. The van der Waals surface area contributed by atoms with Crippen LogP contribution in [0.3, 0.4) is 0 Å². The molecule has 1 aromatic carbocycles. The van der Waals surface area contributed by atoms with Crippen LogP contribution < -0.4 is 10.1 Å². The molecule has 130 valence electrons. The zero-order valence-corrected chi connectivity index (χ0v) is 15.8. The number of carbonyl (C=O) groups excluding carboxylic acids is 1. The number of nitrogens with zero attached hydrogens (tertiary/aromatic N) is 5. The Bertz CT molecular complexity index is 1110. The highest BCUT2D eigenvalue weighted by Crippen LogP contribution is 2.26.